The Bertz CT molecular complexity index is 1090. The molecule has 0 aliphatic heterocycles. The summed E-state index contributed by atoms with van der Waals surface area (Å²) in [7, 11) is 0. The molecule has 0 aliphatic carbocycles. The Morgan fingerprint density at radius 2 is 1.48 bits per heavy atom. The lowest BCUT2D eigenvalue weighted by Crippen LogP contribution is -2.15. The van der Waals surface area contributed by atoms with Crippen LogP contribution in [0.1, 0.15) is 53.0 Å². The van der Waals surface area contributed by atoms with Crippen molar-refractivity contribution in [3.05, 3.63) is 59.1 Å². The van der Waals surface area contributed by atoms with Crippen LogP contribution in [0.3, 0.4) is 0 Å². The van der Waals surface area contributed by atoms with Crippen molar-refractivity contribution in [2.24, 2.45) is 0 Å². The van der Waals surface area contributed by atoms with Crippen LogP contribution >= 0.6 is 11.6 Å². The third-order valence-electron chi connectivity index (χ3n) is 4.69. The number of halogens is 1. The highest BCUT2D eigenvalue weighted by Crippen LogP contribution is 2.52. The van der Waals surface area contributed by atoms with Crippen LogP contribution in [0.5, 0.6) is 23.0 Å². The molecule has 176 valence electrons. The van der Waals surface area contributed by atoms with Crippen LogP contribution in [0.15, 0.2) is 48.5 Å². The van der Waals surface area contributed by atoms with Crippen LogP contribution in [-0.2, 0) is 11.4 Å². The first kappa shape index (κ1) is 24.7. The van der Waals surface area contributed by atoms with Gasteiger partial charge in [0.1, 0.15) is 6.61 Å². The minimum absolute atomic E-state index is 0.164. The largest absolute Gasteiger partial charge is 0.484 e. The molecule has 0 fully saturated rings. The Hall–Kier alpha value is -2.92. The Morgan fingerprint density at radius 3 is 2.09 bits per heavy atom. The summed E-state index contributed by atoms with van der Waals surface area (Å²) in [6.45, 7) is 9.93. The van der Waals surface area contributed by atoms with E-state index in [4.69, 9.17) is 30.5 Å². The molecule has 0 saturated heterocycles. The first-order valence-electron chi connectivity index (χ1n) is 11.3. The van der Waals surface area contributed by atoms with E-state index in [-0.39, 0.29) is 24.6 Å². The summed E-state index contributed by atoms with van der Waals surface area (Å²) < 4.78 is 24.5. The first-order chi connectivity index (χ1) is 15.8. The molecule has 0 aromatic heterocycles. The fraction of sp³-hybridized carbons (Fsp3) is 0.370. The number of hydrogen-bond donors (Lipinski definition) is 0. The minimum atomic E-state index is -0.346. The molecular formula is C27H31ClO5. The van der Waals surface area contributed by atoms with Crippen LogP contribution in [0.4, 0.5) is 0 Å². The molecule has 6 heteroatoms. The molecule has 0 amide bonds. The zero-order valence-electron chi connectivity index (χ0n) is 19.8. The monoisotopic (exact) mass is 470 g/mol. The van der Waals surface area contributed by atoms with Crippen LogP contribution < -0.4 is 18.9 Å². The molecule has 0 spiro atoms. The highest BCUT2D eigenvalue weighted by Gasteiger charge is 2.28. The topological polar surface area (TPSA) is 54.0 Å². The second kappa shape index (κ2) is 11.3. The van der Waals surface area contributed by atoms with Gasteiger partial charge >= 0.3 is 5.97 Å². The maximum atomic E-state index is 12.5. The molecule has 0 saturated carbocycles. The van der Waals surface area contributed by atoms with E-state index >= 15 is 0 Å². The van der Waals surface area contributed by atoms with E-state index in [0.29, 0.717) is 46.4 Å². The summed E-state index contributed by atoms with van der Waals surface area (Å²) in [5, 5.41) is 1.86. The lowest BCUT2D eigenvalue weighted by Gasteiger charge is -2.24. The molecule has 0 unspecified atom stereocenters. The molecule has 33 heavy (non-hydrogen) atoms. The van der Waals surface area contributed by atoms with E-state index in [9.17, 15) is 4.79 Å². The van der Waals surface area contributed by atoms with Gasteiger partial charge in [-0.15, -0.1) is 0 Å². The zero-order valence-corrected chi connectivity index (χ0v) is 20.6. The number of ether oxygens (including phenoxy) is 4. The number of fused-ring (bicyclic) bond motifs is 1. The van der Waals surface area contributed by atoms with E-state index in [1.165, 1.54) is 0 Å². The van der Waals surface area contributed by atoms with E-state index in [1.807, 2.05) is 71.0 Å². The van der Waals surface area contributed by atoms with Gasteiger partial charge in [0, 0.05) is 22.2 Å². The summed E-state index contributed by atoms with van der Waals surface area (Å²) in [5.74, 6) is 1.21. The third-order valence-corrected chi connectivity index (χ3v) is 4.93. The number of rotatable bonds is 10. The van der Waals surface area contributed by atoms with E-state index < -0.39 is 0 Å². The van der Waals surface area contributed by atoms with Gasteiger partial charge in [-0.05, 0) is 57.9 Å². The standard InChI is InChI=1S/C27H31ClO5/c1-6-10-23(29)33-25-22-15-20(28)13-14-21(22)24(30-16-19-11-8-7-9-12-19)26(31-17(2)3)27(25)32-18(4)5/h7-9,11-15,17-18H,6,10,16H2,1-5H3. The minimum Gasteiger partial charge on any atom is -0.484 e. The van der Waals surface area contributed by atoms with Crippen LogP contribution in [0.25, 0.3) is 10.8 Å². The van der Waals surface area contributed by atoms with Crippen LogP contribution in [0, 0.1) is 0 Å². The number of carbonyl (C=O) groups is 1. The maximum Gasteiger partial charge on any atom is 0.311 e. The fourth-order valence-electron chi connectivity index (χ4n) is 3.38. The maximum absolute atomic E-state index is 12.5. The Morgan fingerprint density at radius 1 is 0.848 bits per heavy atom. The molecule has 3 aromatic carbocycles. The van der Waals surface area contributed by atoms with Gasteiger partial charge in [0.25, 0.3) is 0 Å². The van der Waals surface area contributed by atoms with Gasteiger partial charge in [0.2, 0.25) is 11.5 Å². The van der Waals surface area contributed by atoms with Crippen molar-refractivity contribution in [1.82, 2.24) is 0 Å². The molecule has 0 heterocycles. The van der Waals surface area contributed by atoms with Gasteiger partial charge in [0.15, 0.2) is 11.5 Å². The molecule has 0 atom stereocenters. The predicted octanol–water partition coefficient (Wildman–Crippen LogP) is 7.35. The second-order valence-electron chi connectivity index (χ2n) is 8.34. The normalized spacial score (nSPS) is 11.2. The fourth-order valence-corrected chi connectivity index (χ4v) is 3.55. The number of benzene rings is 3. The third kappa shape index (κ3) is 6.32. The van der Waals surface area contributed by atoms with Crippen molar-refractivity contribution in [1.29, 1.82) is 0 Å². The van der Waals surface area contributed by atoms with Gasteiger partial charge in [-0.1, -0.05) is 48.9 Å². The van der Waals surface area contributed by atoms with Crippen molar-refractivity contribution in [2.45, 2.75) is 66.3 Å². The van der Waals surface area contributed by atoms with Gasteiger partial charge in [0.05, 0.1) is 12.2 Å². The van der Waals surface area contributed by atoms with Gasteiger partial charge in [-0.25, -0.2) is 0 Å². The predicted molar refractivity (Wildman–Crippen MR) is 132 cm³/mol. The average Bonchev–Trinajstić information content (AvgIpc) is 2.76. The van der Waals surface area contributed by atoms with E-state index in [2.05, 4.69) is 0 Å². The summed E-state index contributed by atoms with van der Waals surface area (Å²) >= 11 is 6.34. The highest BCUT2D eigenvalue weighted by molar-refractivity contribution is 6.31. The van der Waals surface area contributed by atoms with Crippen molar-refractivity contribution in [2.75, 3.05) is 0 Å². The smallest absolute Gasteiger partial charge is 0.311 e. The van der Waals surface area contributed by atoms with Crippen molar-refractivity contribution < 1.29 is 23.7 Å². The molecule has 0 radical (unpaired) electrons. The Kier molecular flexibility index (Phi) is 8.45. The van der Waals surface area contributed by atoms with Crippen LogP contribution in [0.2, 0.25) is 5.02 Å². The summed E-state index contributed by atoms with van der Waals surface area (Å²) in [6, 6.07) is 15.3. The summed E-state index contributed by atoms with van der Waals surface area (Å²) in [4.78, 5) is 12.5. The highest BCUT2D eigenvalue weighted by atomic mass is 35.5. The molecule has 3 aromatic rings. The molecule has 0 N–H and O–H groups in total. The molecular weight excluding hydrogens is 440 g/mol. The zero-order chi connectivity index (χ0) is 24.0. The van der Waals surface area contributed by atoms with Gasteiger partial charge < -0.3 is 18.9 Å². The van der Waals surface area contributed by atoms with Gasteiger partial charge in [-0.2, -0.15) is 0 Å². The SMILES string of the molecule is CCCC(=O)Oc1c(OC(C)C)c(OC(C)C)c(OCc2ccccc2)c2ccc(Cl)cc12. The van der Waals surface area contributed by atoms with Crippen LogP contribution in [-0.4, -0.2) is 18.2 Å². The molecule has 5 nitrogen and oxygen atoms in total. The van der Waals surface area contributed by atoms with Crippen molar-refractivity contribution in [3.8, 4) is 23.0 Å². The van der Waals surface area contributed by atoms with Crippen molar-refractivity contribution in [3.63, 3.8) is 0 Å². The first-order valence-corrected chi connectivity index (χ1v) is 11.7. The number of hydrogen-bond acceptors (Lipinski definition) is 5. The second-order valence-corrected chi connectivity index (χ2v) is 8.77. The molecule has 3 rings (SSSR count). The quantitative estimate of drug-likeness (QED) is 0.229. The summed E-state index contributed by atoms with van der Waals surface area (Å²) in [6.07, 6.45) is 0.602. The summed E-state index contributed by atoms with van der Waals surface area (Å²) in [5.41, 5.74) is 1.01. The van der Waals surface area contributed by atoms with E-state index in [0.717, 1.165) is 10.9 Å². The Balaban J connectivity index is 2.26. The average molecular weight is 471 g/mol. The molecule has 0 bridgehead atoms. The Labute approximate surface area is 200 Å². The van der Waals surface area contributed by atoms with Crippen molar-refractivity contribution >= 4 is 28.3 Å². The lowest BCUT2D eigenvalue weighted by molar-refractivity contribution is -0.134. The van der Waals surface area contributed by atoms with Gasteiger partial charge in [-0.3, -0.25) is 4.79 Å². The lowest BCUT2D eigenvalue weighted by atomic mass is 10.1. The number of esters is 1. The molecule has 0 aliphatic rings. The van der Waals surface area contributed by atoms with E-state index in [1.54, 1.807) is 12.1 Å². The number of carbonyl (C=O) groups excluding carboxylic acids is 1.